The van der Waals surface area contributed by atoms with Gasteiger partial charge in [-0.05, 0) is 24.3 Å². The van der Waals surface area contributed by atoms with Crippen LogP contribution >= 0.6 is 0 Å². The summed E-state index contributed by atoms with van der Waals surface area (Å²) in [4.78, 5) is 16.3. The molecule has 0 bridgehead atoms. The summed E-state index contributed by atoms with van der Waals surface area (Å²) in [6.45, 7) is -1.35. The maximum atomic E-state index is 13.0. The average molecular weight is 640 g/mol. The van der Waals surface area contributed by atoms with Gasteiger partial charge in [0.05, 0.1) is 36.8 Å². The van der Waals surface area contributed by atoms with Crippen LogP contribution in [0.15, 0.2) is 72.4 Å². The van der Waals surface area contributed by atoms with Gasteiger partial charge >= 0.3 is 12.2 Å². The Morgan fingerprint density at radius 2 is 1.87 bits per heavy atom. The quantitative estimate of drug-likeness (QED) is 0.261. The van der Waals surface area contributed by atoms with Gasteiger partial charge in [-0.1, -0.05) is 12.1 Å². The molecule has 232 valence electrons. The number of hydrogen-bond donors (Lipinski definition) is 2. The van der Waals surface area contributed by atoms with E-state index in [0.717, 1.165) is 0 Å². The number of aryl methyl sites for hydroxylation is 1. The van der Waals surface area contributed by atoms with Crippen molar-refractivity contribution in [2.75, 3.05) is 25.0 Å². The summed E-state index contributed by atoms with van der Waals surface area (Å²) in [5.74, 6) is 0. The van der Waals surface area contributed by atoms with Gasteiger partial charge in [0.2, 0.25) is 0 Å². The molecule has 2 N–H and O–H groups in total. The number of hydrogen-bond acceptors (Lipinski definition) is 8. The van der Waals surface area contributed by atoms with Gasteiger partial charge in [0.15, 0.2) is 10.7 Å². The lowest BCUT2D eigenvalue weighted by Crippen LogP contribution is -2.64. The van der Waals surface area contributed by atoms with Crippen LogP contribution in [0.1, 0.15) is 6.42 Å². The van der Waals surface area contributed by atoms with Crippen LogP contribution < -0.4 is 10.6 Å². The zero-order chi connectivity index (χ0) is 32.0. The number of halogens is 3. The Kier molecular flexibility index (Phi) is 7.29. The third kappa shape index (κ3) is 5.82. The van der Waals surface area contributed by atoms with Crippen molar-refractivity contribution in [3.05, 3.63) is 67.4 Å². The average Bonchev–Trinajstić information content (AvgIpc) is 3.73. The lowest BCUT2D eigenvalue weighted by atomic mass is 9.89. The van der Waals surface area contributed by atoms with Crippen LogP contribution in [0.25, 0.3) is 28.0 Å². The fraction of sp³-hybridized carbons (Fsp3) is 0.259. The number of nitrogens with zero attached hydrogens (tertiary/aromatic N) is 9. The third-order valence-corrected chi connectivity index (χ3v) is 8.96. The highest BCUT2D eigenvalue weighted by molar-refractivity contribution is 7.89. The molecule has 2 amide bonds. The van der Waals surface area contributed by atoms with Crippen molar-refractivity contribution in [2.24, 2.45) is 7.05 Å². The number of rotatable bonds is 8. The van der Waals surface area contributed by atoms with Crippen LogP contribution in [-0.4, -0.2) is 78.7 Å². The number of alkyl halides is 3. The van der Waals surface area contributed by atoms with E-state index < -0.39 is 34.3 Å². The van der Waals surface area contributed by atoms with Crippen LogP contribution in [0.3, 0.4) is 0 Å². The second kappa shape index (κ2) is 11.0. The lowest BCUT2D eigenvalue weighted by molar-refractivity contribution is -0.122. The number of nitrogens with one attached hydrogen (secondary N) is 2. The van der Waals surface area contributed by atoms with E-state index >= 15 is 0 Å². The van der Waals surface area contributed by atoms with Crippen LogP contribution in [0.2, 0.25) is 0 Å². The maximum absolute atomic E-state index is 13.0. The summed E-state index contributed by atoms with van der Waals surface area (Å²) in [5, 5.41) is 26.6. The summed E-state index contributed by atoms with van der Waals surface area (Å²) in [5.41, 5.74) is 2.44. The van der Waals surface area contributed by atoms with Crippen molar-refractivity contribution in [1.82, 2.24) is 43.8 Å². The first-order chi connectivity index (χ1) is 21.4. The van der Waals surface area contributed by atoms with Crippen molar-refractivity contribution < 1.29 is 26.4 Å². The highest BCUT2D eigenvalue weighted by Gasteiger charge is 2.51. The van der Waals surface area contributed by atoms with Crippen LogP contribution in [0, 0.1) is 11.3 Å². The third-order valence-electron chi connectivity index (χ3n) is 7.27. The zero-order valence-electron chi connectivity index (χ0n) is 23.5. The number of carbonyl (C=O) groups excluding carboxylic acids is 1. The molecule has 1 aliphatic heterocycles. The van der Waals surface area contributed by atoms with Gasteiger partial charge in [-0.25, -0.2) is 22.7 Å². The van der Waals surface area contributed by atoms with Crippen molar-refractivity contribution in [2.45, 2.75) is 23.2 Å². The first-order valence-corrected chi connectivity index (χ1v) is 14.8. The van der Waals surface area contributed by atoms with Crippen molar-refractivity contribution in [3.63, 3.8) is 0 Å². The first-order valence-electron chi connectivity index (χ1n) is 13.4. The van der Waals surface area contributed by atoms with Gasteiger partial charge in [-0.3, -0.25) is 9.36 Å². The monoisotopic (exact) mass is 639 g/mol. The molecule has 1 aromatic carbocycles. The Bertz CT molecular complexity index is 2050. The number of urea groups is 1. The molecule has 5 heterocycles. The molecule has 6 rings (SSSR count). The Morgan fingerprint density at radius 1 is 1.09 bits per heavy atom. The predicted molar refractivity (Wildman–Crippen MR) is 153 cm³/mol. The fourth-order valence-electron chi connectivity index (χ4n) is 5.00. The fourth-order valence-corrected chi connectivity index (χ4v) is 6.55. The molecule has 1 fully saturated rings. The van der Waals surface area contributed by atoms with Gasteiger partial charge < -0.3 is 10.6 Å². The topological polar surface area (TPSA) is 168 Å². The second-order valence-electron chi connectivity index (χ2n) is 10.5. The van der Waals surface area contributed by atoms with Crippen molar-refractivity contribution in [1.29, 1.82) is 5.26 Å². The van der Waals surface area contributed by atoms with Crippen molar-refractivity contribution >= 4 is 27.4 Å². The van der Waals surface area contributed by atoms with Gasteiger partial charge in [0.25, 0.3) is 10.0 Å². The minimum Gasteiger partial charge on any atom is -0.329 e. The number of fused-ring (bicyclic) bond motifs is 1. The van der Waals surface area contributed by atoms with E-state index in [-0.39, 0.29) is 30.2 Å². The summed E-state index contributed by atoms with van der Waals surface area (Å²) in [7, 11) is -2.19. The number of sulfonamides is 1. The summed E-state index contributed by atoms with van der Waals surface area (Å²) in [6, 6.07) is 10.9. The molecule has 0 atom stereocenters. The van der Waals surface area contributed by atoms with Crippen LogP contribution in [0.4, 0.5) is 23.7 Å². The van der Waals surface area contributed by atoms with E-state index in [0.29, 0.717) is 28.0 Å². The molecular formula is C27H24F3N11O3S. The SMILES string of the molecule is Cn1ccc(S(=O)(=O)N2CC(CC#N)(n3cc(-c4cnn5c(-c6cccc(NC(=O)NCC(F)(F)F)c6)cnc5c4)cn3)C2)n1. The van der Waals surface area contributed by atoms with E-state index in [1.807, 2.05) is 0 Å². The second-order valence-corrected chi connectivity index (χ2v) is 12.4. The van der Waals surface area contributed by atoms with Gasteiger partial charge in [-0.2, -0.15) is 38.0 Å². The molecule has 0 spiro atoms. The number of nitriles is 1. The van der Waals surface area contributed by atoms with E-state index in [1.54, 1.807) is 76.8 Å². The summed E-state index contributed by atoms with van der Waals surface area (Å²) in [6.07, 6.45) is 3.57. The summed E-state index contributed by atoms with van der Waals surface area (Å²) < 4.78 is 69.0. The maximum Gasteiger partial charge on any atom is 0.405 e. The minimum absolute atomic E-state index is 0.0428. The smallest absolute Gasteiger partial charge is 0.329 e. The summed E-state index contributed by atoms with van der Waals surface area (Å²) >= 11 is 0. The van der Waals surface area contributed by atoms with Gasteiger partial charge in [-0.15, -0.1) is 0 Å². The largest absolute Gasteiger partial charge is 0.405 e. The van der Waals surface area contributed by atoms with Gasteiger partial charge in [0.1, 0.15) is 12.1 Å². The van der Waals surface area contributed by atoms with Crippen LogP contribution in [0.5, 0.6) is 0 Å². The molecule has 0 radical (unpaired) electrons. The number of anilines is 1. The van der Waals surface area contributed by atoms with E-state index in [9.17, 15) is 31.6 Å². The standard InChI is InChI=1S/C27H24F3N11O3S/c1-38-8-5-24(37-38)45(43,44)39-16-26(17-39,6-7-31)40-14-20(12-34-40)19-10-23-32-13-22(41(23)35-11-19)18-3-2-4-21(9-18)36-25(42)33-15-27(28,29)30/h2-5,8-14H,6,15-17H2,1H3,(H2,33,36,42). The Morgan fingerprint density at radius 3 is 2.58 bits per heavy atom. The Hall–Kier alpha value is -5.28. The molecule has 0 aliphatic carbocycles. The van der Waals surface area contributed by atoms with E-state index in [1.165, 1.54) is 21.1 Å². The molecule has 0 unspecified atom stereocenters. The van der Waals surface area contributed by atoms with Gasteiger partial charge in [0, 0.05) is 54.9 Å². The zero-order valence-corrected chi connectivity index (χ0v) is 24.3. The number of aromatic nitrogens is 7. The predicted octanol–water partition coefficient (Wildman–Crippen LogP) is 2.99. The lowest BCUT2D eigenvalue weighted by Gasteiger charge is -2.47. The molecule has 14 nitrogen and oxygen atoms in total. The molecular weight excluding hydrogens is 615 g/mol. The molecule has 5 aromatic rings. The Balaban J connectivity index is 1.20. The molecule has 0 saturated carbocycles. The van der Waals surface area contributed by atoms with Crippen molar-refractivity contribution in [3.8, 4) is 28.5 Å². The molecule has 1 aliphatic rings. The Labute approximate surface area is 253 Å². The number of carbonyl (C=O) groups is 1. The minimum atomic E-state index is -4.53. The highest BCUT2D eigenvalue weighted by atomic mass is 32.2. The highest BCUT2D eigenvalue weighted by Crippen LogP contribution is 2.37. The number of amides is 2. The van der Waals surface area contributed by atoms with E-state index in [4.69, 9.17) is 0 Å². The number of imidazole rings is 1. The first kappa shape index (κ1) is 29.8. The van der Waals surface area contributed by atoms with E-state index in [2.05, 4.69) is 31.7 Å². The normalized spacial score (nSPS) is 15.0. The molecule has 4 aromatic heterocycles. The molecule has 18 heteroatoms. The molecule has 45 heavy (non-hydrogen) atoms. The molecule has 1 saturated heterocycles. The number of benzene rings is 1. The van der Waals surface area contributed by atoms with Crippen LogP contribution in [-0.2, 0) is 22.6 Å².